The van der Waals surface area contributed by atoms with Gasteiger partial charge in [-0.05, 0) is 12.8 Å². The smallest absolute Gasteiger partial charge is 0.130 e. The lowest BCUT2D eigenvalue weighted by Gasteiger charge is -2.29. The van der Waals surface area contributed by atoms with Crippen molar-refractivity contribution in [2.24, 2.45) is 0 Å². The average molecular weight is 299 g/mol. The molecule has 0 aromatic rings. The number of hydrogen-bond acceptors (Lipinski definition) is 1. The third-order valence-corrected chi connectivity index (χ3v) is 4.72. The van der Waals surface area contributed by atoms with Crippen molar-refractivity contribution in [1.29, 1.82) is 0 Å². The standard InChI is InChI=1S/C19H40NO/c1-4-5-6-7-8-9-10-11-12-13-14-15-16-20(2,3)17-19-18-21-19/h19H,4-18H2,1-3H3/q+1. The second-order valence-electron chi connectivity index (χ2n) is 7.69. The maximum atomic E-state index is 5.34. The fourth-order valence-corrected chi connectivity index (χ4v) is 3.20. The third kappa shape index (κ3) is 12.2. The first-order valence-corrected chi connectivity index (χ1v) is 9.57. The molecule has 1 aliphatic heterocycles. The number of unbranched alkanes of at least 4 members (excludes halogenated alkanes) is 11. The van der Waals surface area contributed by atoms with E-state index in [1.807, 2.05) is 0 Å². The van der Waals surface area contributed by atoms with Crippen molar-refractivity contribution in [3.8, 4) is 0 Å². The molecule has 0 N–H and O–H groups in total. The zero-order valence-corrected chi connectivity index (χ0v) is 15.0. The average Bonchev–Trinajstić information content (AvgIpc) is 3.23. The zero-order valence-electron chi connectivity index (χ0n) is 15.0. The molecule has 0 radical (unpaired) electrons. The Balaban J connectivity index is 1.76. The molecule has 1 rings (SSSR count). The Morgan fingerprint density at radius 2 is 1.19 bits per heavy atom. The van der Waals surface area contributed by atoms with Crippen LogP contribution in [0.1, 0.15) is 84.0 Å². The summed E-state index contributed by atoms with van der Waals surface area (Å²) in [5.74, 6) is 0. The van der Waals surface area contributed by atoms with Crippen molar-refractivity contribution in [2.75, 3.05) is 33.8 Å². The minimum absolute atomic E-state index is 0.567. The molecule has 2 nitrogen and oxygen atoms in total. The summed E-state index contributed by atoms with van der Waals surface area (Å²) in [4.78, 5) is 0. The lowest BCUT2D eigenvalue weighted by atomic mass is 10.1. The highest BCUT2D eigenvalue weighted by molar-refractivity contribution is 4.67. The van der Waals surface area contributed by atoms with Crippen LogP contribution in [0.3, 0.4) is 0 Å². The predicted octanol–water partition coefficient (Wildman–Crippen LogP) is 5.16. The van der Waals surface area contributed by atoms with E-state index in [0.29, 0.717) is 6.10 Å². The van der Waals surface area contributed by atoms with Crippen molar-refractivity contribution >= 4 is 0 Å². The minimum Gasteiger partial charge on any atom is -0.367 e. The van der Waals surface area contributed by atoms with E-state index >= 15 is 0 Å². The topological polar surface area (TPSA) is 12.5 Å². The van der Waals surface area contributed by atoms with Crippen LogP contribution in [0.25, 0.3) is 0 Å². The molecule has 1 aliphatic rings. The van der Waals surface area contributed by atoms with Gasteiger partial charge in [-0.15, -0.1) is 0 Å². The van der Waals surface area contributed by atoms with Crippen LogP contribution >= 0.6 is 0 Å². The van der Waals surface area contributed by atoms with E-state index in [4.69, 9.17) is 4.74 Å². The number of rotatable bonds is 15. The molecule has 1 atom stereocenters. The molecule has 21 heavy (non-hydrogen) atoms. The molecule has 1 heterocycles. The van der Waals surface area contributed by atoms with E-state index in [0.717, 1.165) is 11.1 Å². The molecule has 1 saturated heterocycles. The highest BCUT2D eigenvalue weighted by atomic mass is 16.6. The number of ether oxygens (including phenoxy) is 1. The Bertz CT molecular complexity index is 236. The van der Waals surface area contributed by atoms with Crippen LogP contribution < -0.4 is 0 Å². The monoisotopic (exact) mass is 298 g/mol. The summed E-state index contributed by atoms with van der Waals surface area (Å²) < 4.78 is 6.48. The Morgan fingerprint density at radius 1 is 0.762 bits per heavy atom. The molecular formula is C19H40NO+. The second kappa shape index (κ2) is 11.5. The molecule has 1 unspecified atom stereocenters. The molecule has 126 valence electrons. The maximum Gasteiger partial charge on any atom is 0.130 e. The number of hydrogen-bond donors (Lipinski definition) is 0. The van der Waals surface area contributed by atoms with Gasteiger partial charge in [-0.2, -0.15) is 0 Å². The van der Waals surface area contributed by atoms with Gasteiger partial charge in [-0.3, -0.25) is 0 Å². The number of nitrogens with zero attached hydrogens (tertiary/aromatic N) is 1. The van der Waals surface area contributed by atoms with E-state index in [1.165, 1.54) is 90.1 Å². The molecule has 0 aromatic carbocycles. The minimum atomic E-state index is 0.567. The highest BCUT2D eigenvalue weighted by Crippen LogP contribution is 2.16. The molecule has 0 amide bonds. The van der Waals surface area contributed by atoms with Gasteiger partial charge < -0.3 is 9.22 Å². The SMILES string of the molecule is CCCCCCCCCCCCCC[N+](C)(C)CC1CO1. The summed E-state index contributed by atoms with van der Waals surface area (Å²) in [7, 11) is 4.69. The van der Waals surface area contributed by atoms with E-state index < -0.39 is 0 Å². The quantitative estimate of drug-likeness (QED) is 0.231. The molecule has 1 fully saturated rings. The van der Waals surface area contributed by atoms with E-state index in [2.05, 4.69) is 21.0 Å². The second-order valence-corrected chi connectivity index (χ2v) is 7.69. The summed E-state index contributed by atoms with van der Waals surface area (Å²) in [6.45, 7) is 5.81. The van der Waals surface area contributed by atoms with Crippen LogP contribution in [0.4, 0.5) is 0 Å². The van der Waals surface area contributed by atoms with Gasteiger partial charge in [0.15, 0.2) is 0 Å². The van der Waals surface area contributed by atoms with Crippen molar-refractivity contribution < 1.29 is 9.22 Å². The van der Waals surface area contributed by atoms with Crippen LogP contribution in [0.15, 0.2) is 0 Å². The third-order valence-electron chi connectivity index (χ3n) is 4.72. The number of likely N-dealkylation sites (N-methyl/N-ethyl adjacent to an activating group) is 1. The molecule has 2 heteroatoms. The number of quaternary nitrogens is 1. The number of epoxide rings is 1. The van der Waals surface area contributed by atoms with Crippen molar-refractivity contribution in [2.45, 2.75) is 90.1 Å². The van der Waals surface area contributed by atoms with Gasteiger partial charge in [-0.25, -0.2) is 0 Å². The van der Waals surface area contributed by atoms with Crippen LogP contribution in [-0.4, -0.2) is 44.4 Å². The summed E-state index contributed by atoms with van der Waals surface area (Å²) in [5, 5.41) is 0. The van der Waals surface area contributed by atoms with Gasteiger partial charge in [0.2, 0.25) is 0 Å². The van der Waals surface area contributed by atoms with Gasteiger partial charge in [0, 0.05) is 0 Å². The first-order valence-electron chi connectivity index (χ1n) is 9.57. The van der Waals surface area contributed by atoms with Crippen molar-refractivity contribution in [3.63, 3.8) is 0 Å². The van der Waals surface area contributed by atoms with Gasteiger partial charge in [0.1, 0.15) is 12.6 Å². The Morgan fingerprint density at radius 3 is 1.62 bits per heavy atom. The molecule has 0 aromatic heterocycles. The van der Waals surface area contributed by atoms with Crippen LogP contribution in [0.2, 0.25) is 0 Å². The Labute approximate surface area is 133 Å². The molecule has 0 spiro atoms. The molecule has 0 saturated carbocycles. The summed E-state index contributed by atoms with van der Waals surface area (Å²) >= 11 is 0. The van der Waals surface area contributed by atoms with Crippen LogP contribution in [0.5, 0.6) is 0 Å². The molecule has 0 aliphatic carbocycles. The zero-order chi connectivity index (χ0) is 15.4. The molecular weight excluding hydrogens is 258 g/mol. The van der Waals surface area contributed by atoms with Gasteiger partial charge in [0.25, 0.3) is 0 Å². The molecule has 0 bridgehead atoms. The Kier molecular flexibility index (Phi) is 10.4. The van der Waals surface area contributed by atoms with Crippen LogP contribution in [0, 0.1) is 0 Å². The summed E-state index contributed by atoms with van der Waals surface area (Å²) in [5.41, 5.74) is 0. The highest BCUT2D eigenvalue weighted by Gasteiger charge is 2.30. The summed E-state index contributed by atoms with van der Waals surface area (Å²) in [6.07, 6.45) is 17.8. The van der Waals surface area contributed by atoms with Gasteiger partial charge in [-0.1, -0.05) is 71.1 Å². The lowest BCUT2D eigenvalue weighted by molar-refractivity contribution is -0.891. The first-order chi connectivity index (χ1) is 10.1. The van der Waals surface area contributed by atoms with Gasteiger partial charge in [0.05, 0.1) is 27.2 Å². The first kappa shape index (κ1) is 19.0. The Hall–Kier alpha value is -0.0800. The van der Waals surface area contributed by atoms with Gasteiger partial charge >= 0.3 is 0 Å². The predicted molar refractivity (Wildman–Crippen MR) is 92.7 cm³/mol. The fraction of sp³-hybridized carbons (Fsp3) is 1.00. The summed E-state index contributed by atoms with van der Waals surface area (Å²) in [6, 6.07) is 0. The maximum absolute atomic E-state index is 5.34. The van der Waals surface area contributed by atoms with Crippen molar-refractivity contribution in [1.82, 2.24) is 0 Å². The largest absolute Gasteiger partial charge is 0.367 e. The van der Waals surface area contributed by atoms with E-state index in [1.54, 1.807) is 0 Å². The van der Waals surface area contributed by atoms with Crippen LogP contribution in [-0.2, 0) is 4.74 Å². The van der Waals surface area contributed by atoms with E-state index in [9.17, 15) is 0 Å². The normalized spacial score (nSPS) is 18.1. The fourth-order valence-electron chi connectivity index (χ4n) is 3.20. The van der Waals surface area contributed by atoms with Crippen molar-refractivity contribution in [3.05, 3.63) is 0 Å². The van der Waals surface area contributed by atoms with E-state index in [-0.39, 0.29) is 0 Å². The lowest BCUT2D eigenvalue weighted by Crippen LogP contribution is -2.43.